The first-order valence-corrected chi connectivity index (χ1v) is 8.25. The number of aromatic nitrogens is 3. The molecule has 0 N–H and O–H groups in total. The van der Waals surface area contributed by atoms with Crippen molar-refractivity contribution in [1.82, 2.24) is 14.5 Å². The number of rotatable bonds is 3. The molecule has 0 saturated heterocycles. The van der Waals surface area contributed by atoms with Crippen molar-refractivity contribution in [3.63, 3.8) is 0 Å². The van der Waals surface area contributed by atoms with Gasteiger partial charge in [-0.25, -0.2) is 4.98 Å². The van der Waals surface area contributed by atoms with Gasteiger partial charge in [0.05, 0.1) is 5.39 Å². The van der Waals surface area contributed by atoms with Crippen LogP contribution in [0.5, 0.6) is 0 Å². The van der Waals surface area contributed by atoms with E-state index >= 15 is 0 Å². The third-order valence-electron chi connectivity index (χ3n) is 2.98. The zero-order valence-electron chi connectivity index (χ0n) is 11.3. The predicted molar refractivity (Wildman–Crippen MR) is 89.2 cm³/mol. The number of hydrogen-bond donors (Lipinski definition) is 0. The zero-order valence-corrected chi connectivity index (χ0v) is 13.7. The normalized spacial score (nSPS) is 11.0. The lowest BCUT2D eigenvalue weighted by Crippen LogP contribution is -2.16. The molecule has 3 rings (SSSR count). The summed E-state index contributed by atoms with van der Waals surface area (Å²) in [6.07, 6.45) is 1.69. The minimum absolute atomic E-state index is 0.234. The lowest BCUT2D eigenvalue weighted by Gasteiger charge is -2.14. The van der Waals surface area contributed by atoms with Crippen LogP contribution in [0.25, 0.3) is 16.7 Å². The maximum absolute atomic E-state index is 12.1. The van der Waals surface area contributed by atoms with Crippen LogP contribution in [0.3, 0.4) is 0 Å². The Labute approximate surface area is 134 Å². The Hall–Kier alpha value is -1.66. The van der Waals surface area contributed by atoms with Crippen LogP contribution < -0.4 is 5.56 Å². The molecule has 2 heterocycles. The summed E-state index contributed by atoms with van der Waals surface area (Å²) in [6.45, 7) is 2.03. The highest BCUT2D eigenvalue weighted by Crippen LogP contribution is 2.24. The minimum Gasteiger partial charge on any atom is -0.273 e. The molecule has 0 radical (unpaired) electrons. The molecule has 2 aromatic heterocycles. The fourth-order valence-corrected chi connectivity index (χ4v) is 3.07. The van der Waals surface area contributed by atoms with Crippen molar-refractivity contribution in [3.8, 4) is 5.69 Å². The van der Waals surface area contributed by atoms with E-state index < -0.39 is 0 Å². The van der Waals surface area contributed by atoms with Crippen LogP contribution in [0, 0.1) is 0 Å². The molecule has 0 spiro atoms. The molecule has 106 valence electrons. The molecule has 0 unspecified atom stereocenters. The molecule has 6 heteroatoms. The molecule has 0 saturated carbocycles. The summed E-state index contributed by atoms with van der Waals surface area (Å²) in [7, 11) is 0. The summed E-state index contributed by atoms with van der Waals surface area (Å²) in [5.74, 6) is 0.835. The van der Waals surface area contributed by atoms with Crippen molar-refractivity contribution in [1.29, 1.82) is 0 Å². The van der Waals surface area contributed by atoms with E-state index in [4.69, 9.17) is 0 Å². The highest BCUT2D eigenvalue weighted by Gasteiger charge is 2.13. The molecular formula is C15H12BrN3OS. The average molecular weight is 362 g/mol. The maximum Gasteiger partial charge on any atom is 0.283 e. The van der Waals surface area contributed by atoms with Gasteiger partial charge in [0.15, 0.2) is 10.8 Å². The highest BCUT2D eigenvalue weighted by atomic mass is 79.9. The fourth-order valence-electron chi connectivity index (χ4n) is 2.08. The maximum atomic E-state index is 12.1. The number of thioether (sulfide) groups is 1. The third-order valence-corrected chi connectivity index (χ3v) is 4.33. The quantitative estimate of drug-likeness (QED) is 0.527. The molecule has 3 aromatic rings. The number of nitrogens with zero attached hydrogens (tertiary/aromatic N) is 3. The van der Waals surface area contributed by atoms with E-state index in [0.29, 0.717) is 16.2 Å². The molecular weight excluding hydrogens is 350 g/mol. The molecule has 0 aliphatic heterocycles. The molecule has 0 fully saturated rings. The lowest BCUT2D eigenvalue weighted by molar-refractivity contribution is 0.839. The summed E-state index contributed by atoms with van der Waals surface area (Å²) in [6, 6.07) is 11.4. The first kappa shape index (κ1) is 14.3. The molecule has 0 bridgehead atoms. The number of fused-ring (bicyclic) bond motifs is 1. The van der Waals surface area contributed by atoms with Gasteiger partial charge in [-0.15, -0.1) is 0 Å². The van der Waals surface area contributed by atoms with Crippen LogP contribution in [0.2, 0.25) is 0 Å². The van der Waals surface area contributed by atoms with Gasteiger partial charge < -0.3 is 0 Å². The van der Waals surface area contributed by atoms with Crippen LogP contribution in [0.15, 0.2) is 57.0 Å². The lowest BCUT2D eigenvalue weighted by atomic mass is 10.3. The summed E-state index contributed by atoms with van der Waals surface area (Å²) in [4.78, 5) is 20.7. The number of benzene rings is 1. The number of pyridine rings is 1. The number of halogens is 1. The third kappa shape index (κ3) is 2.73. The van der Waals surface area contributed by atoms with Gasteiger partial charge >= 0.3 is 0 Å². The van der Waals surface area contributed by atoms with Crippen molar-refractivity contribution < 1.29 is 0 Å². The van der Waals surface area contributed by atoms with Gasteiger partial charge in [0.25, 0.3) is 5.56 Å². The Kier molecular flexibility index (Phi) is 4.07. The Bertz CT molecular complexity index is 846. The van der Waals surface area contributed by atoms with Gasteiger partial charge in [-0.2, -0.15) is 4.98 Å². The summed E-state index contributed by atoms with van der Waals surface area (Å²) >= 11 is 4.96. The predicted octanol–water partition coefficient (Wildman–Crippen LogP) is 3.66. The van der Waals surface area contributed by atoms with E-state index in [9.17, 15) is 4.79 Å². The first-order chi connectivity index (χ1) is 10.2. The highest BCUT2D eigenvalue weighted by molar-refractivity contribution is 9.10. The second-order valence-corrected chi connectivity index (χ2v) is 6.47. The Morgan fingerprint density at radius 1 is 1.24 bits per heavy atom. The zero-order chi connectivity index (χ0) is 14.8. The summed E-state index contributed by atoms with van der Waals surface area (Å²) < 4.78 is 2.93. The Morgan fingerprint density at radius 3 is 2.71 bits per heavy atom. The largest absolute Gasteiger partial charge is 0.283 e. The molecule has 1 aromatic carbocycles. The monoisotopic (exact) mass is 361 g/mol. The minimum atomic E-state index is -0.234. The molecule has 0 aliphatic carbocycles. The van der Waals surface area contributed by atoms with Gasteiger partial charge in [-0.05, 0) is 42.2 Å². The molecule has 21 heavy (non-hydrogen) atoms. The topological polar surface area (TPSA) is 47.8 Å². The Morgan fingerprint density at radius 2 is 2.00 bits per heavy atom. The molecule has 0 amide bonds. The van der Waals surface area contributed by atoms with Crippen LogP contribution in [-0.2, 0) is 0 Å². The van der Waals surface area contributed by atoms with Gasteiger partial charge in [0, 0.05) is 16.4 Å². The van der Waals surface area contributed by atoms with Crippen molar-refractivity contribution in [3.05, 3.63) is 57.4 Å². The molecule has 0 aliphatic rings. The smallest absolute Gasteiger partial charge is 0.273 e. The van der Waals surface area contributed by atoms with Gasteiger partial charge in [-0.3, -0.25) is 9.36 Å². The van der Waals surface area contributed by atoms with Crippen LogP contribution in [0.4, 0.5) is 0 Å². The second kappa shape index (κ2) is 5.99. The first-order valence-electron chi connectivity index (χ1n) is 6.47. The van der Waals surface area contributed by atoms with E-state index in [0.717, 1.165) is 15.9 Å². The van der Waals surface area contributed by atoms with E-state index in [2.05, 4.69) is 25.9 Å². The van der Waals surface area contributed by atoms with Crippen molar-refractivity contribution in [2.75, 3.05) is 5.75 Å². The second-order valence-electron chi connectivity index (χ2n) is 4.32. The standard InChI is InChI=1S/C15H12BrN3OS/c1-2-21-15-18-14(20)12-4-3-9-17-13(12)19(15)11-7-5-10(16)6-8-11/h3-9H,2H2,1H3. The van der Waals surface area contributed by atoms with Gasteiger partial charge in [0.1, 0.15) is 0 Å². The Balaban J connectivity index is 2.37. The van der Waals surface area contributed by atoms with Crippen LogP contribution in [-0.4, -0.2) is 20.3 Å². The summed E-state index contributed by atoms with van der Waals surface area (Å²) in [5.41, 5.74) is 1.34. The average Bonchev–Trinajstić information content (AvgIpc) is 2.49. The van der Waals surface area contributed by atoms with Gasteiger partial charge in [-0.1, -0.05) is 34.6 Å². The van der Waals surface area contributed by atoms with E-state index in [1.165, 1.54) is 11.8 Å². The van der Waals surface area contributed by atoms with Crippen molar-refractivity contribution in [2.45, 2.75) is 12.1 Å². The summed E-state index contributed by atoms with van der Waals surface area (Å²) in [5, 5.41) is 1.19. The van der Waals surface area contributed by atoms with Crippen LogP contribution >= 0.6 is 27.7 Å². The van der Waals surface area contributed by atoms with Gasteiger partial charge in [0.2, 0.25) is 0 Å². The van der Waals surface area contributed by atoms with E-state index in [-0.39, 0.29) is 5.56 Å². The van der Waals surface area contributed by atoms with Crippen molar-refractivity contribution in [2.24, 2.45) is 0 Å². The van der Waals surface area contributed by atoms with E-state index in [1.807, 2.05) is 35.8 Å². The molecule has 4 nitrogen and oxygen atoms in total. The fraction of sp³-hybridized carbons (Fsp3) is 0.133. The van der Waals surface area contributed by atoms with Crippen molar-refractivity contribution >= 4 is 38.7 Å². The number of hydrogen-bond acceptors (Lipinski definition) is 4. The van der Waals surface area contributed by atoms with E-state index in [1.54, 1.807) is 18.3 Å². The SMILES string of the molecule is CCSc1nc(=O)c2cccnc2n1-c1ccc(Br)cc1. The molecule has 0 atom stereocenters. The van der Waals surface area contributed by atoms with Crippen LogP contribution in [0.1, 0.15) is 6.92 Å².